The first-order valence-corrected chi connectivity index (χ1v) is 7.19. The van der Waals surface area contributed by atoms with Gasteiger partial charge in [-0.1, -0.05) is 6.58 Å². The summed E-state index contributed by atoms with van der Waals surface area (Å²) in [5.74, 6) is -6.34. The van der Waals surface area contributed by atoms with Crippen LogP contribution in [-0.4, -0.2) is 47.3 Å². The Kier molecular flexibility index (Phi) is 6.74. The second-order valence-corrected chi connectivity index (χ2v) is 5.48. The van der Waals surface area contributed by atoms with Gasteiger partial charge in [0.25, 0.3) is 0 Å². The van der Waals surface area contributed by atoms with Crippen LogP contribution >= 0.6 is 0 Å². The average Bonchev–Trinajstić information content (AvgIpc) is 2.50. The smallest absolute Gasteiger partial charge is 0.333 e. The van der Waals surface area contributed by atoms with Crippen molar-refractivity contribution in [1.82, 2.24) is 0 Å². The number of rotatable bonds is 7. The maximum Gasteiger partial charge on any atom is 0.333 e. The monoisotopic (exact) mass is 328 g/mol. The predicted molar refractivity (Wildman–Crippen MR) is 76.3 cm³/mol. The molecule has 0 saturated heterocycles. The van der Waals surface area contributed by atoms with Crippen molar-refractivity contribution in [3.05, 3.63) is 12.2 Å². The maximum atomic E-state index is 12.0. The molecule has 1 aliphatic rings. The van der Waals surface area contributed by atoms with E-state index in [1.54, 1.807) is 0 Å². The third kappa shape index (κ3) is 5.39. The van der Waals surface area contributed by atoms with Gasteiger partial charge in [-0.15, -0.1) is 0 Å². The van der Waals surface area contributed by atoms with Gasteiger partial charge in [0, 0.05) is 5.57 Å². The Morgan fingerprint density at radius 1 is 1.00 bits per heavy atom. The van der Waals surface area contributed by atoms with Crippen molar-refractivity contribution in [2.45, 2.75) is 26.2 Å². The topological polar surface area (TPSA) is 127 Å². The lowest BCUT2D eigenvalue weighted by Crippen LogP contribution is -2.38. The fourth-order valence-corrected chi connectivity index (χ4v) is 2.46. The lowest BCUT2D eigenvalue weighted by atomic mass is 9.74. The molecule has 3 unspecified atom stereocenters. The molecule has 0 bridgehead atoms. The van der Waals surface area contributed by atoms with Gasteiger partial charge < -0.3 is 19.7 Å². The summed E-state index contributed by atoms with van der Waals surface area (Å²) in [6, 6.07) is 0. The van der Waals surface area contributed by atoms with Crippen molar-refractivity contribution < 1.29 is 38.9 Å². The second-order valence-electron chi connectivity index (χ2n) is 5.48. The van der Waals surface area contributed by atoms with Crippen molar-refractivity contribution in [3.63, 3.8) is 0 Å². The van der Waals surface area contributed by atoms with Gasteiger partial charge in [-0.3, -0.25) is 14.4 Å². The van der Waals surface area contributed by atoms with Crippen LogP contribution in [0, 0.1) is 17.8 Å². The van der Waals surface area contributed by atoms with Crippen LogP contribution in [-0.2, 0) is 28.7 Å². The highest BCUT2D eigenvalue weighted by atomic mass is 16.6. The lowest BCUT2D eigenvalue weighted by Gasteiger charge is -2.30. The molecule has 0 amide bonds. The molecule has 2 N–H and O–H groups in total. The molecule has 128 valence electrons. The van der Waals surface area contributed by atoms with E-state index >= 15 is 0 Å². The lowest BCUT2D eigenvalue weighted by molar-refractivity contribution is -0.164. The first-order valence-electron chi connectivity index (χ1n) is 7.19. The standard InChI is InChI=1S/C15H20O8/c1-8(2)14(20)22-5-6-23-15(21)10-4-3-9(12(16)17)7-11(10)13(18)19/h9-11H,1,3-7H2,2H3,(H,16,17)(H,18,19). The molecule has 0 aromatic heterocycles. The summed E-state index contributed by atoms with van der Waals surface area (Å²) in [4.78, 5) is 45.3. The number of carboxylic acids is 2. The Bertz CT molecular complexity index is 510. The number of aliphatic carboxylic acids is 2. The van der Waals surface area contributed by atoms with E-state index < -0.39 is 41.6 Å². The third-order valence-electron chi connectivity index (χ3n) is 3.73. The van der Waals surface area contributed by atoms with E-state index in [1.165, 1.54) is 6.92 Å². The number of hydrogen-bond acceptors (Lipinski definition) is 6. The van der Waals surface area contributed by atoms with Gasteiger partial charge in [0.2, 0.25) is 0 Å². The molecular formula is C15H20O8. The van der Waals surface area contributed by atoms with Crippen LogP contribution in [0.15, 0.2) is 12.2 Å². The Hall–Kier alpha value is -2.38. The zero-order chi connectivity index (χ0) is 17.6. The molecule has 23 heavy (non-hydrogen) atoms. The highest BCUT2D eigenvalue weighted by molar-refractivity contribution is 5.87. The van der Waals surface area contributed by atoms with Crippen molar-refractivity contribution in [2.24, 2.45) is 17.8 Å². The van der Waals surface area contributed by atoms with E-state index in [1.807, 2.05) is 0 Å². The molecule has 1 fully saturated rings. The zero-order valence-corrected chi connectivity index (χ0v) is 12.8. The SMILES string of the molecule is C=C(C)C(=O)OCCOC(=O)C1CCC(C(=O)O)CC1C(=O)O. The Labute approximate surface area is 133 Å². The molecule has 0 radical (unpaired) electrons. The van der Waals surface area contributed by atoms with Gasteiger partial charge in [-0.25, -0.2) is 4.79 Å². The van der Waals surface area contributed by atoms with E-state index in [2.05, 4.69) is 6.58 Å². The Morgan fingerprint density at radius 3 is 2.13 bits per heavy atom. The predicted octanol–water partition coefficient (Wildman–Crippen LogP) is 0.851. The fourth-order valence-electron chi connectivity index (χ4n) is 2.46. The van der Waals surface area contributed by atoms with Gasteiger partial charge in [-0.2, -0.15) is 0 Å². The molecule has 1 saturated carbocycles. The van der Waals surface area contributed by atoms with Gasteiger partial charge in [-0.05, 0) is 26.2 Å². The van der Waals surface area contributed by atoms with Crippen LogP contribution in [0.2, 0.25) is 0 Å². The highest BCUT2D eigenvalue weighted by Gasteiger charge is 2.42. The summed E-state index contributed by atoms with van der Waals surface area (Å²) in [7, 11) is 0. The molecule has 1 aliphatic carbocycles. The van der Waals surface area contributed by atoms with Gasteiger partial charge in [0.1, 0.15) is 13.2 Å². The summed E-state index contributed by atoms with van der Waals surface area (Å²) in [5, 5.41) is 18.2. The molecule has 8 heteroatoms. The summed E-state index contributed by atoms with van der Waals surface area (Å²) < 4.78 is 9.69. The minimum atomic E-state index is -1.22. The first kappa shape index (κ1) is 18.7. The molecule has 0 aliphatic heterocycles. The van der Waals surface area contributed by atoms with Crippen LogP contribution in [0.5, 0.6) is 0 Å². The van der Waals surface area contributed by atoms with E-state index in [0.717, 1.165) is 0 Å². The van der Waals surface area contributed by atoms with Gasteiger partial charge in [0.15, 0.2) is 0 Å². The zero-order valence-electron chi connectivity index (χ0n) is 12.8. The first-order chi connectivity index (χ1) is 10.7. The molecule has 8 nitrogen and oxygen atoms in total. The van der Waals surface area contributed by atoms with Crippen LogP contribution in [0.4, 0.5) is 0 Å². The highest BCUT2D eigenvalue weighted by Crippen LogP contribution is 2.35. The van der Waals surface area contributed by atoms with Crippen molar-refractivity contribution in [2.75, 3.05) is 13.2 Å². The number of carbonyl (C=O) groups excluding carboxylic acids is 2. The summed E-state index contributed by atoms with van der Waals surface area (Å²) in [5.41, 5.74) is 0.217. The molecule has 0 aromatic carbocycles. The largest absolute Gasteiger partial charge is 0.481 e. The quantitative estimate of drug-likeness (QED) is 0.400. The number of esters is 2. The minimum Gasteiger partial charge on any atom is -0.481 e. The summed E-state index contributed by atoms with van der Waals surface area (Å²) in [6.45, 7) is 4.53. The van der Waals surface area contributed by atoms with Gasteiger partial charge >= 0.3 is 23.9 Å². The minimum absolute atomic E-state index is 0.102. The van der Waals surface area contributed by atoms with Gasteiger partial charge in [0.05, 0.1) is 17.8 Å². The van der Waals surface area contributed by atoms with Crippen molar-refractivity contribution >= 4 is 23.9 Å². The number of carbonyl (C=O) groups is 4. The fraction of sp³-hybridized carbons (Fsp3) is 0.600. The second kappa shape index (κ2) is 8.30. The van der Waals surface area contributed by atoms with E-state index in [0.29, 0.717) is 0 Å². The normalized spacial score (nSPS) is 23.6. The maximum absolute atomic E-state index is 12.0. The van der Waals surface area contributed by atoms with Crippen LogP contribution in [0.1, 0.15) is 26.2 Å². The molecular weight excluding hydrogens is 308 g/mol. The third-order valence-corrected chi connectivity index (χ3v) is 3.73. The molecule has 0 heterocycles. The molecule has 0 spiro atoms. The van der Waals surface area contributed by atoms with Crippen molar-refractivity contribution in [3.8, 4) is 0 Å². The molecule has 0 aromatic rings. The average molecular weight is 328 g/mol. The van der Waals surface area contributed by atoms with E-state index in [9.17, 15) is 24.3 Å². The van der Waals surface area contributed by atoms with Crippen LogP contribution in [0.3, 0.4) is 0 Å². The Balaban J connectivity index is 2.51. The molecule has 1 rings (SSSR count). The Morgan fingerprint density at radius 2 is 1.61 bits per heavy atom. The van der Waals surface area contributed by atoms with E-state index in [-0.39, 0.29) is 38.0 Å². The molecule has 3 atom stereocenters. The van der Waals surface area contributed by atoms with Crippen molar-refractivity contribution in [1.29, 1.82) is 0 Å². The summed E-state index contributed by atoms with van der Waals surface area (Å²) in [6.07, 6.45) is 0.261. The van der Waals surface area contributed by atoms with E-state index in [4.69, 9.17) is 14.6 Å². The van der Waals surface area contributed by atoms with Crippen LogP contribution < -0.4 is 0 Å². The van der Waals surface area contributed by atoms with Crippen LogP contribution in [0.25, 0.3) is 0 Å². The summed E-state index contributed by atoms with van der Waals surface area (Å²) >= 11 is 0. The number of hydrogen-bond donors (Lipinski definition) is 2. The number of carboxylic acid groups (broad SMARTS) is 2. The number of ether oxygens (including phenoxy) is 2.